The minimum atomic E-state index is 0.803. The molecule has 1 aromatic heterocycles. The molecule has 3 rings (SSSR count). The Morgan fingerprint density at radius 2 is 1.68 bits per heavy atom. The molecule has 0 aliphatic rings. The summed E-state index contributed by atoms with van der Waals surface area (Å²) in [4.78, 5) is 4.52. The molecule has 3 aromatic rings. The predicted octanol–water partition coefficient (Wildman–Crippen LogP) is 4.10. The highest BCUT2D eigenvalue weighted by atomic mass is 14.7. The van der Waals surface area contributed by atoms with Crippen LogP contribution in [-0.4, -0.2) is 4.98 Å². The number of pyridine rings is 1. The van der Waals surface area contributed by atoms with Gasteiger partial charge in [0.15, 0.2) is 0 Å². The van der Waals surface area contributed by atoms with E-state index in [4.69, 9.17) is 5.73 Å². The first-order valence-electron chi connectivity index (χ1n) is 6.37. The summed E-state index contributed by atoms with van der Waals surface area (Å²) in [5.41, 5.74) is 12.3. The van der Waals surface area contributed by atoms with Crippen molar-refractivity contribution >= 4 is 16.6 Å². The molecule has 0 radical (unpaired) electrons. The van der Waals surface area contributed by atoms with E-state index < -0.39 is 0 Å². The van der Waals surface area contributed by atoms with E-state index in [9.17, 15) is 0 Å². The number of hydrogen-bond donors (Lipinski definition) is 1. The predicted molar refractivity (Wildman–Crippen MR) is 81.1 cm³/mol. The van der Waals surface area contributed by atoms with E-state index in [2.05, 4.69) is 42.2 Å². The minimum Gasteiger partial charge on any atom is -0.399 e. The van der Waals surface area contributed by atoms with Crippen LogP contribution in [-0.2, 0) is 0 Å². The second kappa shape index (κ2) is 4.39. The SMILES string of the molecule is Cc1cc(N)cc(-c2ccc3nc(C)ccc3c2)c1. The standard InChI is InChI=1S/C17H16N2/c1-11-7-15(10-16(18)8-11)13-5-6-17-14(9-13)4-3-12(2)19-17/h3-10H,18H2,1-2H3. The van der Waals surface area contributed by atoms with Crippen LogP contribution in [0.5, 0.6) is 0 Å². The highest BCUT2D eigenvalue weighted by Crippen LogP contribution is 2.26. The Hall–Kier alpha value is -2.35. The van der Waals surface area contributed by atoms with Crippen molar-refractivity contribution in [3.8, 4) is 11.1 Å². The Morgan fingerprint density at radius 3 is 2.47 bits per heavy atom. The number of hydrogen-bond acceptors (Lipinski definition) is 2. The summed E-state index contributed by atoms with van der Waals surface area (Å²) >= 11 is 0. The van der Waals surface area contributed by atoms with Gasteiger partial charge in [0.05, 0.1) is 5.52 Å². The molecule has 19 heavy (non-hydrogen) atoms. The van der Waals surface area contributed by atoms with Crippen LogP contribution in [0.3, 0.4) is 0 Å². The normalized spacial score (nSPS) is 10.8. The summed E-state index contributed by atoms with van der Waals surface area (Å²) in [5, 5.41) is 1.16. The lowest BCUT2D eigenvalue weighted by atomic mass is 10.0. The fourth-order valence-electron chi connectivity index (χ4n) is 2.39. The molecule has 0 saturated carbocycles. The van der Waals surface area contributed by atoms with Crippen molar-refractivity contribution in [1.29, 1.82) is 0 Å². The highest BCUT2D eigenvalue weighted by molar-refractivity contribution is 5.85. The lowest BCUT2D eigenvalue weighted by Crippen LogP contribution is -1.89. The Bertz CT molecular complexity index is 740. The van der Waals surface area contributed by atoms with Gasteiger partial charge in [-0.3, -0.25) is 4.98 Å². The van der Waals surface area contributed by atoms with Crippen LogP contribution >= 0.6 is 0 Å². The molecule has 0 amide bonds. The van der Waals surface area contributed by atoms with E-state index in [0.717, 1.165) is 27.8 Å². The van der Waals surface area contributed by atoms with Crippen molar-refractivity contribution in [2.24, 2.45) is 0 Å². The van der Waals surface area contributed by atoms with E-state index in [0.29, 0.717) is 0 Å². The molecule has 2 heteroatoms. The van der Waals surface area contributed by atoms with Crippen molar-refractivity contribution in [2.45, 2.75) is 13.8 Å². The molecule has 94 valence electrons. The molecule has 0 aliphatic heterocycles. The van der Waals surface area contributed by atoms with Gasteiger partial charge < -0.3 is 5.73 Å². The van der Waals surface area contributed by atoms with Crippen molar-refractivity contribution < 1.29 is 0 Å². The second-order valence-electron chi connectivity index (χ2n) is 4.99. The molecule has 0 unspecified atom stereocenters. The smallest absolute Gasteiger partial charge is 0.0705 e. The van der Waals surface area contributed by atoms with Gasteiger partial charge in [-0.15, -0.1) is 0 Å². The summed E-state index contributed by atoms with van der Waals surface area (Å²) in [5.74, 6) is 0. The molecule has 0 atom stereocenters. The minimum absolute atomic E-state index is 0.803. The zero-order valence-electron chi connectivity index (χ0n) is 11.1. The molecule has 1 heterocycles. The fourth-order valence-corrected chi connectivity index (χ4v) is 2.39. The first-order valence-corrected chi connectivity index (χ1v) is 6.37. The Kier molecular flexibility index (Phi) is 2.71. The number of aromatic nitrogens is 1. The molecule has 0 aliphatic carbocycles. The van der Waals surface area contributed by atoms with Gasteiger partial charge in [0.25, 0.3) is 0 Å². The largest absolute Gasteiger partial charge is 0.399 e. The third-order valence-corrected chi connectivity index (χ3v) is 3.26. The van der Waals surface area contributed by atoms with Gasteiger partial charge >= 0.3 is 0 Å². The average molecular weight is 248 g/mol. The molecule has 0 fully saturated rings. The van der Waals surface area contributed by atoms with E-state index in [1.807, 2.05) is 25.1 Å². The zero-order chi connectivity index (χ0) is 13.4. The average Bonchev–Trinajstić information content (AvgIpc) is 2.37. The fraction of sp³-hybridized carbons (Fsp3) is 0.118. The molecule has 0 saturated heterocycles. The molecule has 0 spiro atoms. The quantitative estimate of drug-likeness (QED) is 0.658. The Balaban J connectivity index is 2.17. The number of rotatable bonds is 1. The molecular formula is C17H16N2. The number of aryl methyl sites for hydroxylation is 2. The lowest BCUT2D eigenvalue weighted by molar-refractivity contribution is 1.26. The lowest BCUT2D eigenvalue weighted by Gasteiger charge is -2.07. The first kappa shape index (κ1) is 11.7. The maximum atomic E-state index is 5.92. The Morgan fingerprint density at radius 1 is 0.842 bits per heavy atom. The van der Waals surface area contributed by atoms with Gasteiger partial charge in [-0.2, -0.15) is 0 Å². The zero-order valence-corrected chi connectivity index (χ0v) is 11.1. The van der Waals surface area contributed by atoms with Crippen LogP contribution in [0.4, 0.5) is 5.69 Å². The van der Waals surface area contributed by atoms with E-state index >= 15 is 0 Å². The monoisotopic (exact) mass is 248 g/mol. The van der Waals surface area contributed by atoms with Crippen LogP contribution < -0.4 is 5.73 Å². The number of nitrogen functional groups attached to an aromatic ring is 1. The highest BCUT2D eigenvalue weighted by Gasteiger charge is 2.02. The Labute approximate surface area is 112 Å². The van der Waals surface area contributed by atoms with Gasteiger partial charge in [0, 0.05) is 16.8 Å². The summed E-state index contributed by atoms with van der Waals surface area (Å²) < 4.78 is 0. The summed E-state index contributed by atoms with van der Waals surface area (Å²) in [7, 11) is 0. The van der Waals surface area contributed by atoms with Crippen LogP contribution in [0.25, 0.3) is 22.0 Å². The van der Waals surface area contributed by atoms with Crippen molar-refractivity contribution in [1.82, 2.24) is 4.98 Å². The topological polar surface area (TPSA) is 38.9 Å². The number of anilines is 1. The third-order valence-electron chi connectivity index (χ3n) is 3.26. The maximum Gasteiger partial charge on any atom is 0.0705 e. The van der Waals surface area contributed by atoms with Crippen molar-refractivity contribution in [3.05, 3.63) is 59.8 Å². The van der Waals surface area contributed by atoms with Gasteiger partial charge in [0.1, 0.15) is 0 Å². The number of nitrogens with two attached hydrogens (primary N) is 1. The maximum absolute atomic E-state index is 5.92. The van der Waals surface area contributed by atoms with Crippen molar-refractivity contribution in [3.63, 3.8) is 0 Å². The molecule has 2 nitrogen and oxygen atoms in total. The van der Waals surface area contributed by atoms with Gasteiger partial charge in [-0.1, -0.05) is 18.2 Å². The van der Waals surface area contributed by atoms with Crippen LogP contribution in [0.1, 0.15) is 11.3 Å². The first-order chi connectivity index (χ1) is 9.11. The van der Waals surface area contributed by atoms with E-state index in [1.54, 1.807) is 0 Å². The van der Waals surface area contributed by atoms with Gasteiger partial charge in [0.2, 0.25) is 0 Å². The second-order valence-corrected chi connectivity index (χ2v) is 4.99. The molecule has 0 bridgehead atoms. The summed E-state index contributed by atoms with van der Waals surface area (Å²) in [6, 6.07) is 16.6. The van der Waals surface area contributed by atoms with E-state index in [-0.39, 0.29) is 0 Å². The van der Waals surface area contributed by atoms with Gasteiger partial charge in [-0.05, 0) is 60.9 Å². The summed E-state index contributed by atoms with van der Waals surface area (Å²) in [6.45, 7) is 4.07. The van der Waals surface area contributed by atoms with Gasteiger partial charge in [-0.25, -0.2) is 0 Å². The number of nitrogens with zero attached hydrogens (tertiary/aromatic N) is 1. The summed E-state index contributed by atoms with van der Waals surface area (Å²) in [6.07, 6.45) is 0. The van der Waals surface area contributed by atoms with Crippen LogP contribution in [0, 0.1) is 13.8 Å². The third kappa shape index (κ3) is 2.29. The molecule has 2 aromatic carbocycles. The number of benzene rings is 2. The van der Waals surface area contributed by atoms with E-state index in [1.165, 1.54) is 11.1 Å². The van der Waals surface area contributed by atoms with Crippen LogP contribution in [0.2, 0.25) is 0 Å². The molecule has 2 N–H and O–H groups in total. The van der Waals surface area contributed by atoms with Crippen molar-refractivity contribution in [2.75, 3.05) is 5.73 Å². The van der Waals surface area contributed by atoms with Crippen LogP contribution in [0.15, 0.2) is 48.5 Å². The molecular weight excluding hydrogens is 232 g/mol. The number of fused-ring (bicyclic) bond motifs is 1.